The van der Waals surface area contributed by atoms with Crippen LogP contribution in [0.2, 0.25) is 0 Å². The van der Waals surface area contributed by atoms with Gasteiger partial charge in [0.2, 0.25) is 5.60 Å². The zero-order valence-electron chi connectivity index (χ0n) is 24.4. The number of nitrogens with zero attached hydrogens (tertiary/aromatic N) is 4. The second-order valence-electron chi connectivity index (χ2n) is 11.6. The minimum absolute atomic E-state index is 0.243. The molecule has 5 aromatic rings. The lowest BCUT2D eigenvalue weighted by atomic mass is 9.99. The van der Waals surface area contributed by atoms with Crippen molar-refractivity contribution in [2.24, 2.45) is 0 Å². The van der Waals surface area contributed by atoms with Crippen molar-refractivity contribution in [3.8, 4) is 10.4 Å². The lowest BCUT2D eigenvalue weighted by Crippen LogP contribution is -2.43. The van der Waals surface area contributed by atoms with Gasteiger partial charge in [-0.25, -0.2) is 9.48 Å². The van der Waals surface area contributed by atoms with Gasteiger partial charge in [0.1, 0.15) is 17.9 Å². The average Bonchev–Trinajstić information content (AvgIpc) is 3.88. The van der Waals surface area contributed by atoms with E-state index < -0.39 is 11.6 Å². The number of carbonyl (C=O) groups excluding carboxylic acids is 2. The summed E-state index contributed by atoms with van der Waals surface area (Å²) in [7, 11) is 0. The number of thiophene rings is 2. The second-order valence-corrected chi connectivity index (χ2v) is 13.6. The smallest absolute Gasteiger partial charge is 0.349 e. The molecule has 7 rings (SSSR count). The summed E-state index contributed by atoms with van der Waals surface area (Å²) in [4.78, 5) is 29.8. The van der Waals surface area contributed by atoms with Crippen LogP contribution in [0.5, 0.6) is 0 Å². The normalized spacial score (nSPS) is 17.0. The highest BCUT2D eigenvalue weighted by molar-refractivity contribution is 7.16. The lowest BCUT2D eigenvalue weighted by molar-refractivity contribution is -0.169. The number of carbonyl (C=O) groups is 2. The van der Waals surface area contributed by atoms with Crippen molar-refractivity contribution in [3.63, 3.8) is 0 Å². The zero-order chi connectivity index (χ0) is 30.1. The first-order valence-electron chi connectivity index (χ1n) is 15.2. The van der Waals surface area contributed by atoms with Gasteiger partial charge in [-0.05, 0) is 91.4 Å². The van der Waals surface area contributed by atoms with Crippen molar-refractivity contribution in [1.29, 1.82) is 0 Å². The number of rotatable bonds is 10. The molecule has 2 aliphatic rings. The molecule has 2 aromatic carbocycles. The fourth-order valence-corrected chi connectivity index (χ4v) is 8.58. The molecule has 44 heavy (non-hydrogen) atoms. The van der Waals surface area contributed by atoms with Gasteiger partial charge < -0.3 is 14.7 Å². The molecule has 0 radical (unpaired) electrons. The van der Waals surface area contributed by atoms with Crippen LogP contribution in [0, 0.1) is 0 Å². The molecule has 1 aliphatic carbocycles. The number of hydrogen-bond donors (Lipinski definition) is 1. The van der Waals surface area contributed by atoms with Gasteiger partial charge in [0.05, 0.1) is 15.3 Å². The number of ether oxygens (including phenoxy) is 1. The predicted octanol–water partition coefficient (Wildman–Crippen LogP) is 5.86. The monoisotopic (exact) mass is 626 g/mol. The molecular formula is C34H34N4O4S2. The van der Waals surface area contributed by atoms with Crippen LogP contribution in [0.4, 0.5) is 0 Å². The number of fused-ring (bicyclic) bond motifs is 3. The summed E-state index contributed by atoms with van der Waals surface area (Å²) in [6.45, 7) is 3.32. The molecule has 0 spiro atoms. The summed E-state index contributed by atoms with van der Waals surface area (Å²) in [6, 6.07) is 19.3. The summed E-state index contributed by atoms with van der Waals surface area (Å²) in [5, 5.41) is 22.6. The van der Waals surface area contributed by atoms with Crippen molar-refractivity contribution < 1.29 is 19.4 Å². The fraction of sp³-hybridized carbons (Fsp3) is 0.353. The first-order chi connectivity index (χ1) is 21.5. The Bertz CT molecular complexity index is 1770. The number of aromatic nitrogens is 3. The summed E-state index contributed by atoms with van der Waals surface area (Å²) in [5.74, 6) is -0.608. The summed E-state index contributed by atoms with van der Waals surface area (Å²) >= 11 is 2.78. The van der Waals surface area contributed by atoms with Gasteiger partial charge in [-0.3, -0.25) is 4.79 Å². The standard InChI is InChI=1S/C34H34N4O4S2/c39-22-24-21-28-32(27-10-4-9-26(24)27)38(36-35-28)17-6-16-37-18-14-25(15-19-37)42-33(40)34(41,30-11-5-20-43-30)31-13-12-29(44-31)23-7-2-1-3-8-23/h1-3,5,7-8,11-13,20-22,25,41H,4,6,9-10,14-19H2/t34-/m0/s1. The minimum Gasteiger partial charge on any atom is -0.460 e. The van der Waals surface area contributed by atoms with Crippen molar-refractivity contribution in [1.82, 2.24) is 19.9 Å². The van der Waals surface area contributed by atoms with E-state index in [-0.39, 0.29) is 6.10 Å². The van der Waals surface area contributed by atoms with Gasteiger partial charge in [-0.15, -0.1) is 27.8 Å². The van der Waals surface area contributed by atoms with Crippen LogP contribution in [0.25, 0.3) is 21.5 Å². The molecule has 1 atom stereocenters. The Labute approximate surface area is 263 Å². The quantitative estimate of drug-likeness (QED) is 0.153. The Balaban J connectivity index is 0.967. The number of aliphatic hydroxyl groups is 1. The molecule has 1 saturated heterocycles. The number of esters is 1. The molecule has 3 aromatic heterocycles. The highest BCUT2D eigenvalue weighted by Crippen LogP contribution is 2.41. The molecule has 10 heteroatoms. The van der Waals surface area contributed by atoms with Crippen LogP contribution in [-0.4, -0.2) is 63.0 Å². The molecule has 4 heterocycles. The molecule has 0 amide bonds. The Hall–Kier alpha value is -3.70. The molecule has 1 N–H and O–H groups in total. The predicted molar refractivity (Wildman–Crippen MR) is 172 cm³/mol. The number of aldehydes is 1. The number of piperidine rings is 1. The van der Waals surface area contributed by atoms with Crippen LogP contribution in [0.15, 0.2) is 66.0 Å². The first-order valence-corrected chi connectivity index (χ1v) is 16.9. The third-order valence-electron chi connectivity index (χ3n) is 8.88. The van der Waals surface area contributed by atoms with Crippen molar-refractivity contribution >= 4 is 46.0 Å². The molecule has 0 bridgehead atoms. The molecule has 0 saturated carbocycles. The van der Waals surface area contributed by atoms with Crippen molar-refractivity contribution in [2.75, 3.05) is 19.6 Å². The van der Waals surface area contributed by atoms with E-state index in [1.54, 1.807) is 6.07 Å². The van der Waals surface area contributed by atoms with Crippen LogP contribution in [0.3, 0.4) is 0 Å². The van der Waals surface area contributed by atoms with Gasteiger partial charge >= 0.3 is 5.97 Å². The summed E-state index contributed by atoms with van der Waals surface area (Å²) in [5.41, 5.74) is 4.24. The summed E-state index contributed by atoms with van der Waals surface area (Å²) < 4.78 is 8.02. The minimum atomic E-state index is -1.84. The van der Waals surface area contributed by atoms with Crippen LogP contribution in [-0.2, 0) is 34.5 Å². The topological polar surface area (TPSA) is 97.5 Å². The van der Waals surface area contributed by atoms with Crippen LogP contribution < -0.4 is 0 Å². The van der Waals surface area contributed by atoms with Crippen LogP contribution >= 0.6 is 22.7 Å². The molecule has 226 valence electrons. The van der Waals surface area contributed by atoms with Gasteiger partial charge in [0.15, 0.2) is 0 Å². The number of aryl methyl sites for hydroxylation is 2. The number of hydrogen-bond acceptors (Lipinski definition) is 9. The molecule has 8 nitrogen and oxygen atoms in total. The maximum absolute atomic E-state index is 13.7. The maximum atomic E-state index is 13.7. The van der Waals surface area contributed by atoms with E-state index in [2.05, 4.69) is 15.2 Å². The van der Waals surface area contributed by atoms with Crippen LogP contribution in [0.1, 0.15) is 56.9 Å². The number of benzene rings is 2. The Morgan fingerprint density at radius 3 is 2.61 bits per heavy atom. The van der Waals surface area contributed by atoms with Gasteiger partial charge in [-0.1, -0.05) is 41.6 Å². The van der Waals surface area contributed by atoms with E-state index in [9.17, 15) is 14.7 Å². The van der Waals surface area contributed by atoms with Gasteiger partial charge in [0.25, 0.3) is 0 Å². The van der Waals surface area contributed by atoms with Crippen molar-refractivity contribution in [3.05, 3.63) is 92.5 Å². The zero-order valence-corrected chi connectivity index (χ0v) is 26.0. The van der Waals surface area contributed by atoms with E-state index in [4.69, 9.17) is 4.74 Å². The Morgan fingerprint density at radius 1 is 1.02 bits per heavy atom. The molecule has 0 unspecified atom stereocenters. The van der Waals surface area contributed by atoms with Gasteiger partial charge in [0, 0.05) is 30.1 Å². The van der Waals surface area contributed by atoms with Crippen molar-refractivity contribution in [2.45, 2.75) is 56.8 Å². The Morgan fingerprint density at radius 2 is 1.84 bits per heavy atom. The van der Waals surface area contributed by atoms with E-state index in [0.29, 0.717) is 9.75 Å². The largest absolute Gasteiger partial charge is 0.460 e. The van der Waals surface area contributed by atoms with E-state index in [1.807, 2.05) is 64.7 Å². The SMILES string of the molecule is O=Cc1cc2nnn(CCCN3CCC(OC(=O)[C@](O)(c4cccs4)c4ccc(-c5ccccc5)s4)CC3)c2c2c1CCC2. The Kier molecular flexibility index (Phi) is 8.16. The average molecular weight is 627 g/mol. The number of likely N-dealkylation sites (tertiary alicyclic amines) is 1. The van der Waals surface area contributed by atoms with Gasteiger partial charge in [-0.2, -0.15) is 0 Å². The highest BCUT2D eigenvalue weighted by atomic mass is 32.1. The maximum Gasteiger partial charge on any atom is 0.349 e. The summed E-state index contributed by atoms with van der Waals surface area (Å²) in [6.07, 6.45) is 6.04. The second kappa shape index (κ2) is 12.4. The lowest BCUT2D eigenvalue weighted by Gasteiger charge is -2.33. The van der Waals surface area contributed by atoms with E-state index in [0.717, 1.165) is 104 Å². The third kappa shape index (κ3) is 5.40. The fourth-order valence-electron chi connectivity index (χ4n) is 6.58. The third-order valence-corrected chi connectivity index (χ3v) is 11.1. The van der Waals surface area contributed by atoms with E-state index >= 15 is 0 Å². The van der Waals surface area contributed by atoms with E-state index in [1.165, 1.54) is 28.2 Å². The molecular weight excluding hydrogens is 593 g/mol. The first kappa shape index (κ1) is 29.0. The highest BCUT2D eigenvalue weighted by Gasteiger charge is 2.45. The molecule has 1 fully saturated rings. The molecule has 1 aliphatic heterocycles.